The third-order valence-corrected chi connectivity index (χ3v) is 3.86. The van der Waals surface area contributed by atoms with Gasteiger partial charge in [-0.05, 0) is 19.1 Å². The van der Waals surface area contributed by atoms with Gasteiger partial charge in [0.2, 0.25) is 17.7 Å². The second-order valence-electron chi connectivity index (χ2n) is 5.81. The Morgan fingerprint density at radius 3 is 2.71 bits per heavy atom. The molecule has 1 fully saturated rings. The molecule has 0 saturated carbocycles. The Labute approximate surface area is 141 Å². The van der Waals surface area contributed by atoms with Gasteiger partial charge in [-0.25, -0.2) is 0 Å². The fourth-order valence-electron chi connectivity index (χ4n) is 2.54. The number of nitrogens with zero attached hydrogens (tertiary/aromatic N) is 2. The van der Waals surface area contributed by atoms with E-state index in [0.29, 0.717) is 18.0 Å². The second kappa shape index (κ2) is 7.81. The fraction of sp³-hybridized carbons (Fsp3) is 0.471. The number of nitrogens with one attached hydrogen (secondary N) is 1. The molecule has 1 saturated heterocycles. The number of anilines is 1. The van der Waals surface area contributed by atoms with Crippen LogP contribution in [0.25, 0.3) is 0 Å². The Hall–Kier alpha value is -2.57. The van der Waals surface area contributed by atoms with Crippen molar-refractivity contribution in [2.75, 3.05) is 38.7 Å². The molecule has 1 aliphatic heterocycles. The van der Waals surface area contributed by atoms with Gasteiger partial charge in [-0.3, -0.25) is 14.4 Å². The lowest BCUT2D eigenvalue weighted by Crippen LogP contribution is -2.39. The molecule has 0 radical (unpaired) electrons. The Balaban J connectivity index is 2.03. The molecule has 3 amide bonds. The van der Waals surface area contributed by atoms with E-state index in [-0.39, 0.29) is 37.2 Å². The van der Waals surface area contributed by atoms with Crippen molar-refractivity contribution in [2.45, 2.75) is 13.3 Å². The Bertz CT molecular complexity index is 630. The Morgan fingerprint density at radius 1 is 1.33 bits per heavy atom. The maximum atomic E-state index is 12.3. The van der Waals surface area contributed by atoms with E-state index in [0.717, 1.165) is 0 Å². The van der Waals surface area contributed by atoms with Gasteiger partial charge in [0.25, 0.3) is 0 Å². The lowest BCUT2D eigenvalue weighted by atomic mass is 10.1. The van der Waals surface area contributed by atoms with Crippen LogP contribution in [0.5, 0.6) is 5.75 Å². The minimum absolute atomic E-state index is 0.0634. The number of benzene rings is 1. The van der Waals surface area contributed by atoms with Gasteiger partial charge in [0.15, 0.2) is 0 Å². The molecule has 0 spiro atoms. The molecule has 1 aliphatic rings. The average molecular weight is 333 g/mol. The maximum Gasteiger partial charge on any atom is 0.241 e. The number of carbonyl (C=O) groups excluding carboxylic acids is 3. The van der Waals surface area contributed by atoms with Crippen LogP contribution in [-0.4, -0.2) is 56.4 Å². The van der Waals surface area contributed by atoms with E-state index in [9.17, 15) is 14.4 Å². The van der Waals surface area contributed by atoms with Gasteiger partial charge in [0, 0.05) is 27.1 Å². The molecule has 1 heterocycles. The van der Waals surface area contributed by atoms with Gasteiger partial charge in [0.1, 0.15) is 5.75 Å². The number of carbonyl (C=O) groups is 3. The predicted octanol–water partition coefficient (Wildman–Crippen LogP) is 0.643. The number of amides is 3. The highest BCUT2D eigenvalue weighted by Crippen LogP contribution is 2.33. The minimum atomic E-state index is -0.470. The van der Waals surface area contributed by atoms with Crippen molar-refractivity contribution >= 4 is 23.4 Å². The van der Waals surface area contributed by atoms with Crippen LogP contribution in [0.1, 0.15) is 13.3 Å². The number of likely N-dealkylation sites (N-methyl/N-ethyl adjacent to an activating group) is 1. The van der Waals surface area contributed by atoms with Crippen molar-refractivity contribution in [3.63, 3.8) is 0 Å². The first kappa shape index (κ1) is 17.8. The summed E-state index contributed by atoms with van der Waals surface area (Å²) in [6.07, 6.45) is 0.127. The summed E-state index contributed by atoms with van der Waals surface area (Å²) in [7, 11) is 3.25. The molecule has 130 valence electrons. The van der Waals surface area contributed by atoms with Crippen LogP contribution in [0.15, 0.2) is 24.3 Å². The summed E-state index contributed by atoms with van der Waals surface area (Å²) in [6.45, 7) is 2.59. The van der Waals surface area contributed by atoms with E-state index in [4.69, 9.17) is 4.74 Å². The van der Waals surface area contributed by atoms with Crippen LogP contribution in [0.3, 0.4) is 0 Å². The van der Waals surface area contributed by atoms with Crippen molar-refractivity contribution in [2.24, 2.45) is 5.92 Å². The van der Waals surface area contributed by atoms with E-state index in [2.05, 4.69) is 5.32 Å². The summed E-state index contributed by atoms with van der Waals surface area (Å²) in [5.74, 6) is -0.443. The maximum absolute atomic E-state index is 12.3. The topological polar surface area (TPSA) is 79.0 Å². The third-order valence-electron chi connectivity index (χ3n) is 3.86. The van der Waals surface area contributed by atoms with Gasteiger partial charge in [0.05, 0.1) is 24.8 Å². The van der Waals surface area contributed by atoms with Crippen LogP contribution in [0, 0.1) is 5.92 Å². The molecule has 7 nitrogen and oxygen atoms in total. The SMILES string of the molecule is CCOc1ccccc1N1C[C@@H](C(=O)NCC(=O)N(C)C)CC1=O. The van der Waals surface area contributed by atoms with Crippen LogP contribution in [0.2, 0.25) is 0 Å². The van der Waals surface area contributed by atoms with Gasteiger partial charge in [-0.1, -0.05) is 12.1 Å². The lowest BCUT2D eigenvalue weighted by Gasteiger charge is -2.20. The Kier molecular flexibility index (Phi) is 5.78. The first-order valence-electron chi connectivity index (χ1n) is 7.94. The molecule has 1 aromatic rings. The standard InChI is InChI=1S/C17H23N3O4/c1-4-24-14-8-6-5-7-13(14)20-11-12(9-15(20)21)17(23)18-10-16(22)19(2)3/h5-8,12H,4,9-11H2,1-3H3,(H,18,23)/t12-/m0/s1. The smallest absolute Gasteiger partial charge is 0.241 e. The third kappa shape index (κ3) is 4.04. The van der Waals surface area contributed by atoms with E-state index in [1.54, 1.807) is 31.1 Å². The zero-order valence-electron chi connectivity index (χ0n) is 14.2. The largest absolute Gasteiger partial charge is 0.492 e. The van der Waals surface area contributed by atoms with Gasteiger partial charge >= 0.3 is 0 Å². The summed E-state index contributed by atoms with van der Waals surface area (Å²) >= 11 is 0. The zero-order chi connectivity index (χ0) is 17.7. The summed E-state index contributed by atoms with van der Waals surface area (Å²) in [6, 6.07) is 7.27. The van der Waals surface area contributed by atoms with Gasteiger partial charge < -0.3 is 19.9 Å². The quantitative estimate of drug-likeness (QED) is 0.829. The number of ether oxygens (including phenoxy) is 1. The monoisotopic (exact) mass is 333 g/mol. The molecule has 1 atom stereocenters. The van der Waals surface area contributed by atoms with Gasteiger partial charge in [-0.15, -0.1) is 0 Å². The van der Waals surface area contributed by atoms with Crippen molar-refractivity contribution in [3.8, 4) is 5.75 Å². The average Bonchev–Trinajstić information content (AvgIpc) is 2.94. The highest BCUT2D eigenvalue weighted by atomic mass is 16.5. The summed E-state index contributed by atoms with van der Waals surface area (Å²) in [5, 5.41) is 2.60. The second-order valence-corrected chi connectivity index (χ2v) is 5.81. The molecule has 0 bridgehead atoms. The molecule has 2 rings (SSSR count). The highest BCUT2D eigenvalue weighted by molar-refractivity contribution is 6.01. The molecule has 24 heavy (non-hydrogen) atoms. The van der Waals surface area contributed by atoms with Crippen molar-refractivity contribution in [3.05, 3.63) is 24.3 Å². The summed E-state index contributed by atoms with van der Waals surface area (Å²) in [4.78, 5) is 39.0. The van der Waals surface area contributed by atoms with Crippen molar-refractivity contribution in [1.82, 2.24) is 10.2 Å². The number of hydrogen-bond donors (Lipinski definition) is 1. The van der Waals surface area contributed by atoms with Crippen LogP contribution in [-0.2, 0) is 14.4 Å². The van der Waals surface area contributed by atoms with Crippen LogP contribution >= 0.6 is 0 Å². The Morgan fingerprint density at radius 2 is 2.04 bits per heavy atom. The van der Waals surface area contributed by atoms with Crippen molar-refractivity contribution < 1.29 is 19.1 Å². The fourth-order valence-corrected chi connectivity index (χ4v) is 2.54. The summed E-state index contributed by atoms with van der Waals surface area (Å²) < 4.78 is 5.55. The van der Waals surface area contributed by atoms with E-state index in [1.807, 2.05) is 19.1 Å². The van der Waals surface area contributed by atoms with Crippen molar-refractivity contribution in [1.29, 1.82) is 0 Å². The molecular weight excluding hydrogens is 310 g/mol. The van der Waals surface area contributed by atoms with E-state index >= 15 is 0 Å². The molecule has 0 aliphatic carbocycles. The lowest BCUT2D eigenvalue weighted by molar-refractivity contribution is -0.132. The summed E-state index contributed by atoms with van der Waals surface area (Å²) in [5.41, 5.74) is 0.670. The normalized spacial score (nSPS) is 16.9. The number of rotatable bonds is 6. The first-order valence-corrected chi connectivity index (χ1v) is 7.94. The molecule has 1 aromatic carbocycles. The molecular formula is C17H23N3O4. The zero-order valence-corrected chi connectivity index (χ0v) is 14.2. The van der Waals surface area contributed by atoms with E-state index < -0.39 is 5.92 Å². The van der Waals surface area contributed by atoms with Crippen LogP contribution in [0.4, 0.5) is 5.69 Å². The first-order chi connectivity index (χ1) is 11.4. The minimum Gasteiger partial charge on any atom is -0.492 e. The molecule has 0 aromatic heterocycles. The van der Waals surface area contributed by atoms with Crippen LogP contribution < -0.4 is 15.0 Å². The molecule has 0 unspecified atom stereocenters. The predicted molar refractivity (Wildman–Crippen MR) is 89.8 cm³/mol. The highest BCUT2D eigenvalue weighted by Gasteiger charge is 2.36. The van der Waals surface area contributed by atoms with E-state index in [1.165, 1.54) is 4.90 Å². The number of hydrogen-bond acceptors (Lipinski definition) is 4. The molecule has 7 heteroatoms. The number of para-hydroxylation sites is 2. The molecule has 1 N–H and O–H groups in total. The van der Waals surface area contributed by atoms with Gasteiger partial charge in [-0.2, -0.15) is 0 Å².